The molecule has 6 nitrogen and oxygen atoms in total. The number of alkyl halides is 2. The van der Waals surface area contributed by atoms with E-state index in [4.69, 9.17) is 0 Å². The Balaban J connectivity index is 2.34. The van der Waals surface area contributed by atoms with Crippen molar-refractivity contribution in [3.63, 3.8) is 0 Å². The molecule has 0 unspecified atom stereocenters. The van der Waals surface area contributed by atoms with E-state index in [9.17, 15) is 19.2 Å². The number of cyclic esters (lactones) is 4. The molecule has 0 aliphatic carbocycles. The SMILES string of the molecule is O=C1OC(=O)I2CI1C(=O)OC2=O. The zero-order valence-electron chi connectivity index (χ0n) is 5.91. The van der Waals surface area contributed by atoms with Crippen molar-refractivity contribution >= 4 is 55.5 Å². The van der Waals surface area contributed by atoms with Crippen LogP contribution >= 0.6 is 39.6 Å². The van der Waals surface area contributed by atoms with E-state index < -0.39 is 55.5 Å². The second-order valence-electron chi connectivity index (χ2n) is 1.98. The van der Waals surface area contributed by atoms with Crippen LogP contribution in [0.3, 0.4) is 0 Å². The van der Waals surface area contributed by atoms with E-state index in [1.54, 1.807) is 0 Å². The van der Waals surface area contributed by atoms with Crippen LogP contribution in [0, 0.1) is 0 Å². The number of rotatable bonds is 0. The first-order valence-corrected chi connectivity index (χ1v) is 10.3. The molecule has 0 amide bonds. The van der Waals surface area contributed by atoms with Gasteiger partial charge in [0.25, 0.3) is 0 Å². The van der Waals surface area contributed by atoms with Crippen molar-refractivity contribution in [2.75, 3.05) is 2.43 Å². The van der Waals surface area contributed by atoms with Gasteiger partial charge in [0.2, 0.25) is 0 Å². The molecule has 0 radical (unpaired) electrons. The molecule has 2 rings (SSSR count). The van der Waals surface area contributed by atoms with Crippen LogP contribution in [0.25, 0.3) is 0 Å². The van der Waals surface area contributed by atoms with E-state index in [0.29, 0.717) is 0 Å². The first kappa shape index (κ1) is 9.30. The molecule has 0 N–H and O–H groups in total. The van der Waals surface area contributed by atoms with Crippen molar-refractivity contribution in [2.24, 2.45) is 0 Å². The quantitative estimate of drug-likeness (QED) is 0.263. The Hall–Kier alpha value is -0.260. The van der Waals surface area contributed by atoms with E-state index >= 15 is 0 Å². The second-order valence-corrected chi connectivity index (χ2v) is 14.1. The number of hydrogen-bond acceptors (Lipinski definition) is 6. The molecular weight excluding hydrogens is 410 g/mol. The average molecular weight is 412 g/mol. The first-order chi connectivity index (χ1) is 6.09. The number of carbonyl (C=O) groups excluding carboxylic acids is 4. The molecule has 0 aromatic carbocycles. The van der Waals surface area contributed by atoms with Gasteiger partial charge in [0, 0.05) is 0 Å². The Morgan fingerprint density at radius 1 is 0.769 bits per heavy atom. The zero-order valence-corrected chi connectivity index (χ0v) is 10.2. The van der Waals surface area contributed by atoms with Crippen LogP contribution in [-0.2, 0) is 9.47 Å². The third-order valence-electron chi connectivity index (χ3n) is 1.27. The van der Waals surface area contributed by atoms with Gasteiger partial charge in [-0.25, -0.2) is 0 Å². The molecule has 2 fully saturated rings. The van der Waals surface area contributed by atoms with E-state index in [2.05, 4.69) is 9.47 Å². The van der Waals surface area contributed by atoms with Crippen molar-refractivity contribution in [3.8, 4) is 0 Å². The normalized spacial score (nSPS) is 27.1. The van der Waals surface area contributed by atoms with Crippen molar-refractivity contribution in [1.82, 2.24) is 0 Å². The van der Waals surface area contributed by atoms with Crippen LogP contribution in [0.15, 0.2) is 0 Å². The Morgan fingerprint density at radius 2 is 1.08 bits per heavy atom. The summed E-state index contributed by atoms with van der Waals surface area (Å²) >= 11 is -5.23. The molecule has 2 aliphatic heterocycles. The molecule has 2 saturated heterocycles. The summed E-state index contributed by atoms with van der Waals surface area (Å²) in [5.41, 5.74) is 0. The molecule has 0 aromatic heterocycles. The van der Waals surface area contributed by atoms with Crippen molar-refractivity contribution < 1.29 is 28.7 Å². The molecular formula is C5H2I2O6. The van der Waals surface area contributed by atoms with Gasteiger partial charge < -0.3 is 0 Å². The van der Waals surface area contributed by atoms with Gasteiger partial charge in [-0.1, -0.05) is 0 Å². The van der Waals surface area contributed by atoms with Gasteiger partial charge in [-0.3, -0.25) is 0 Å². The summed E-state index contributed by atoms with van der Waals surface area (Å²) in [6.07, 6.45) is 0. The third-order valence-corrected chi connectivity index (χ3v) is 15.3. The van der Waals surface area contributed by atoms with Gasteiger partial charge in [-0.05, 0) is 0 Å². The van der Waals surface area contributed by atoms with Crippen LogP contribution in [0.4, 0.5) is 19.2 Å². The number of hydrogen-bond donors (Lipinski definition) is 0. The van der Waals surface area contributed by atoms with Crippen LogP contribution in [-0.4, -0.2) is 18.3 Å². The van der Waals surface area contributed by atoms with Gasteiger partial charge in [-0.15, -0.1) is 0 Å². The topological polar surface area (TPSA) is 86.7 Å². The fourth-order valence-corrected chi connectivity index (χ4v) is 15.8. The maximum absolute atomic E-state index is 11.0. The van der Waals surface area contributed by atoms with Crippen molar-refractivity contribution in [2.45, 2.75) is 0 Å². The summed E-state index contributed by atoms with van der Waals surface area (Å²) in [5, 5.41) is 0. The molecule has 2 aliphatic rings. The van der Waals surface area contributed by atoms with E-state index in [1.165, 1.54) is 0 Å². The molecule has 0 aromatic rings. The predicted molar refractivity (Wildman–Crippen MR) is 56.7 cm³/mol. The van der Waals surface area contributed by atoms with Gasteiger partial charge in [0.15, 0.2) is 0 Å². The second kappa shape index (κ2) is 3.15. The molecule has 8 heteroatoms. The van der Waals surface area contributed by atoms with Crippen molar-refractivity contribution in [1.29, 1.82) is 0 Å². The standard InChI is InChI=1S/C5H2I2O6/c8-2-6-1-7(4(10)12-2)5(11)13-3(6)9/h1H2. The van der Waals surface area contributed by atoms with Crippen LogP contribution in [0.2, 0.25) is 0 Å². The Labute approximate surface area is 86.1 Å². The molecule has 0 atom stereocenters. The summed E-state index contributed by atoms with van der Waals surface area (Å²) in [6.45, 7) is 0. The van der Waals surface area contributed by atoms with Gasteiger partial charge in [-0.2, -0.15) is 0 Å². The maximum atomic E-state index is 11.0. The minimum absolute atomic E-state index is 0.198. The van der Waals surface area contributed by atoms with Gasteiger partial charge in [0.1, 0.15) is 0 Å². The first-order valence-electron chi connectivity index (χ1n) is 2.92. The van der Waals surface area contributed by atoms with Gasteiger partial charge in [0.05, 0.1) is 0 Å². The van der Waals surface area contributed by atoms with E-state index in [0.717, 1.165) is 0 Å². The average Bonchev–Trinajstić information content (AvgIpc) is 2.02. The summed E-state index contributed by atoms with van der Waals surface area (Å²) in [6, 6.07) is 0. The Bertz CT molecular complexity index is 276. The molecule has 0 spiro atoms. The number of fused-ring (bicyclic) bond motifs is 2. The van der Waals surface area contributed by atoms with E-state index in [-0.39, 0.29) is 2.43 Å². The molecule has 72 valence electrons. The predicted octanol–water partition coefficient (Wildman–Crippen LogP) is 2.50. The molecule has 2 heterocycles. The number of carbonyl (C=O) groups is 4. The number of halogens is 2. The van der Waals surface area contributed by atoms with Gasteiger partial charge >= 0.3 is 86.6 Å². The molecule has 2 bridgehead atoms. The summed E-state index contributed by atoms with van der Waals surface area (Å²) in [5.74, 6) is 0. The van der Waals surface area contributed by atoms with E-state index in [1.807, 2.05) is 0 Å². The Morgan fingerprint density at radius 3 is 1.38 bits per heavy atom. The zero-order chi connectivity index (χ0) is 9.59. The summed E-state index contributed by atoms with van der Waals surface area (Å²) in [4.78, 5) is 43.9. The number of ether oxygens (including phenoxy) is 2. The fourth-order valence-electron chi connectivity index (χ4n) is 0.704. The molecule has 13 heavy (non-hydrogen) atoms. The Kier molecular flexibility index (Phi) is 2.25. The monoisotopic (exact) mass is 412 g/mol. The van der Waals surface area contributed by atoms with Crippen LogP contribution < -0.4 is 0 Å². The van der Waals surface area contributed by atoms with Crippen molar-refractivity contribution in [3.05, 3.63) is 0 Å². The summed E-state index contributed by atoms with van der Waals surface area (Å²) in [7, 11) is 0. The third kappa shape index (κ3) is 1.45. The van der Waals surface area contributed by atoms with Crippen LogP contribution in [0.5, 0.6) is 0 Å². The fraction of sp³-hybridized carbons (Fsp3) is 0.200. The van der Waals surface area contributed by atoms with Crippen LogP contribution in [0.1, 0.15) is 0 Å². The minimum atomic E-state index is -2.61. The molecule has 0 saturated carbocycles. The summed E-state index contributed by atoms with van der Waals surface area (Å²) < 4.78 is 5.92.